The monoisotopic (exact) mass is 144 g/mol. The molecule has 1 saturated carbocycles. The Labute approximate surface area is 59.7 Å². The highest BCUT2D eigenvalue weighted by Crippen LogP contribution is 2.20. The van der Waals surface area contributed by atoms with E-state index in [2.05, 4.69) is 0 Å². The van der Waals surface area contributed by atoms with Gasteiger partial charge in [-0.05, 0) is 12.8 Å². The lowest BCUT2D eigenvalue weighted by molar-refractivity contribution is -0.141. The van der Waals surface area contributed by atoms with Crippen molar-refractivity contribution >= 4 is 5.78 Å². The molecule has 1 fully saturated rings. The zero-order valence-electron chi connectivity index (χ0n) is 5.95. The van der Waals surface area contributed by atoms with Crippen LogP contribution in [0.2, 0.25) is 0 Å². The summed E-state index contributed by atoms with van der Waals surface area (Å²) in [6.45, 7) is 1.78. The van der Waals surface area contributed by atoms with Gasteiger partial charge in [-0.25, -0.2) is 0 Å². The minimum Gasteiger partial charge on any atom is -0.390 e. The highest BCUT2D eigenvalue weighted by atomic mass is 16.3. The summed E-state index contributed by atoms with van der Waals surface area (Å²) in [7, 11) is 0. The van der Waals surface area contributed by atoms with Crippen LogP contribution in [0.4, 0.5) is 0 Å². The number of hydrogen-bond acceptors (Lipinski definition) is 3. The predicted molar refractivity (Wildman–Crippen MR) is 35.4 cm³/mol. The summed E-state index contributed by atoms with van der Waals surface area (Å²) in [5.74, 6) is -0.308. The van der Waals surface area contributed by atoms with E-state index in [1.54, 1.807) is 6.92 Å². The Morgan fingerprint density at radius 3 is 2.50 bits per heavy atom. The van der Waals surface area contributed by atoms with Gasteiger partial charge in [-0.15, -0.1) is 0 Å². The number of hydrogen-bond donors (Lipinski definition) is 2. The Kier molecular flexibility index (Phi) is 2.06. The fourth-order valence-corrected chi connectivity index (χ4v) is 1.20. The van der Waals surface area contributed by atoms with Gasteiger partial charge in [-0.2, -0.15) is 0 Å². The summed E-state index contributed by atoms with van der Waals surface area (Å²) in [6, 6.07) is 0. The van der Waals surface area contributed by atoms with Crippen molar-refractivity contribution in [2.24, 2.45) is 5.92 Å². The molecule has 0 aliphatic heterocycles. The van der Waals surface area contributed by atoms with Crippen molar-refractivity contribution in [2.75, 3.05) is 0 Å². The molecule has 3 heteroatoms. The van der Waals surface area contributed by atoms with Crippen molar-refractivity contribution in [3.05, 3.63) is 0 Å². The highest BCUT2D eigenvalue weighted by Gasteiger charge is 2.32. The van der Waals surface area contributed by atoms with Crippen molar-refractivity contribution in [3.63, 3.8) is 0 Å². The minimum atomic E-state index is -1.14. The number of ketones is 1. The second-order valence-electron chi connectivity index (χ2n) is 2.89. The van der Waals surface area contributed by atoms with E-state index in [1.807, 2.05) is 0 Å². The first-order valence-electron chi connectivity index (χ1n) is 3.53. The molecule has 0 aromatic carbocycles. The standard InChI is InChI=1S/C7H12O3/c1-4-2-3-5(8)7(10)6(4)9/h4-5,7-8,10H,2-3H2,1H3. The second kappa shape index (κ2) is 2.68. The fourth-order valence-electron chi connectivity index (χ4n) is 1.20. The maximum absolute atomic E-state index is 10.9. The Hall–Kier alpha value is -0.410. The molecule has 0 radical (unpaired) electrons. The van der Waals surface area contributed by atoms with Gasteiger partial charge in [-0.3, -0.25) is 4.79 Å². The number of carbonyl (C=O) groups is 1. The molecule has 1 rings (SSSR count). The van der Waals surface area contributed by atoms with E-state index < -0.39 is 12.2 Å². The van der Waals surface area contributed by atoms with E-state index in [0.717, 1.165) is 0 Å². The smallest absolute Gasteiger partial charge is 0.166 e. The summed E-state index contributed by atoms with van der Waals surface area (Å²) in [4.78, 5) is 10.9. The number of rotatable bonds is 0. The van der Waals surface area contributed by atoms with Gasteiger partial charge in [0.25, 0.3) is 0 Å². The Morgan fingerprint density at radius 1 is 1.40 bits per heavy atom. The minimum absolute atomic E-state index is 0.0848. The first-order valence-corrected chi connectivity index (χ1v) is 3.53. The molecule has 3 unspecified atom stereocenters. The molecule has 0 saturated heterocycles. The number of aliphatic hydroxyl groups excluding tert-OH is 2. The van der Waals surface area contributed by atoms with Crippen LogP contribution in [0.3, 0.4) is 0 Å². The van der Waals surface area contributed by atoms with Gasteiger partial charge in [0, 0.05) is 5.92 Å². The second-order valence-corrected chi connectivity index (χ2v) is 2.89. The zero-order valence-corrected chi connectivity index (χ0v) is 5.95. The topological polar surface area (TPSA) is 57.5 Å². The molecule has 0 aromatic rings. The lowest BCUT2D eigenvalue weighted by Crippen LogP contribution is -2.41. The third-order valence-electron chi connectivity index (χ3n) is 2.04. The SMILES string of the molecule is CC1CCC(O)C(O)C1=O. The maximum Gasteiger partial charge on any atom is 0.166 e. The van der Waals surface area contributed by atoms with E-state index in [0.29, 0.717) is 12.8 Å². The van der Waals surface area contributed by atoms with Crippen LogP contribution < -0.4 is 0 Å². The molecule has 0 heterocycles. The lowest BCUT2D eigenvalue weighted by Gasteiger charge is -2.25. The number of aliphatic hydroxyl groups is 2. The van der Waals surface area contributed by atoms with Gasteiger partial charge in [0.05, 0.1) is 6.10 Å². The lowest BCUT2D eigenvalue weighted by atomic mass is 9.85. The summed E-state index contributed by atoms with van der Waals surface area (Å²) < 4.78 is 0. The quantitative estimate of drug-likeness (QED) is 0.491. The van der Waals surface area contributed by atoms with Crippen LogP contribution >= 0.6 is 0 Å². The van der Waals surface area contributed by atoms with E-state index in [9.17, 15) is 4.79 Å². The summed E-state index contributed by atoms with van der Waals surface area (Å²) >= 11 is 0. The summed E-state index contributed by atoms with van der Waals surface area (Å²) in [6.07, 6.45) is -0.738. The van der Waals surface area contributed by atoms with Gasteiger partial charge in [0.2, 0.25) is 0 Å². The van der Waals surface area contributed by atoms with Crippen molar-refractivity contribution in [2.45, 2.75) is 32.0 Å². The van der Waals surface area contributed by atoms with Gasteiger partial charge >= 0.3 is 0 Å². The van der Waals surface area contributed by atoms with Crippen LogP contribution in [0.1, 0.15) is 19.8 Å². The third-order valence-corrected chi connectivity index (χ3v) is 2.04. The molecule has 58 valence electrons. The largest absolute Gasteiger partial charge is 0.390 e. The molecule has 10 heavy (non-hydrogen) atoms. The normalized spacial score (nSPS) is 41.9. The predicted octanol–water partition coefficient (Wildman–Crippen LogP) is -0.293. The van der Waals surface area contributed by atoms with Crippen molar-refractivity contribution < 1.29 is 15.0 Å². The average Bonchev–Trinajstić information content (AvgIpc) is 1.93. The van der Waals surface area contributed by atoms with Crippen LogP contribution in [-0.2, 0) is 4.79 Å². The van der Waals surface area contributed by atoms with Gasteiger partial charge in [-0.1, -0.05) is 6.92 Å². The molecule has 1 aliphatic rings. The van der Waals surface area contributed by atoms with Crippen LogP contribution in [0.25, 0.3) is 0 Å². The zero-order chi connectivity index (χ0) is 7.72. The first-order chi connectivity index (χ1) is 4.63. The molecule has 1 aliphatic carbocycles. The molecule has 3 nitrogen and oxygen atoms in total. The van der Waals surface area contributed by atoms with Crippen LogP contribution in [0, 0.1) is 5.92 Å². The van der Waals surface area contributed by atoms with Crippen LogP contribution in [0.15, 0.2) is 0 Å². The molecule has 0 aromatic heterocycles. The van der Waals surface area contributed by atoms with E-state index in [4.69, 9.17) is 10.2 Å². The molecule has 2 N–H and O–H groups in total. The molecule has 0 amide bonds. The van der Waals surface area contributed by atoms with Gasteiger partial charge < -0.3 is 10.2 Å². The van der Waals surface area contributed by atoms with Crippen molar-refractivity contribution in [1.82, 2.24) is 0 Å². The number of Topliss-reactive ketones (excluding diaryl/α,β-unsaturated/α-hetero) is 1. The molecular weight excluding hydrogens is 132 g/mol. The van der Waals surface area contributed by atoms with E-state index >= 15 is 0 Å². The Morgan fingerprint density at radius 2 is 2.00 bits per heavy atom. The van der Waals surface area contributed by atoms with Crippen molar-refractivity contribution in [3.8, 4) is 0 Å². The Balaban J connectivity index is 2.60. The van der Waals surface area contributed by atoms with Crippen LogP contribution in [0.5, 0.6) is 0 Å². The van der Waals surface area contributed by atoms with Crippen LogP contribution in [-0.4, -0.2) is 28.2 Å². The molecular formula is C7H12O3. The summed E-state index contributed by atoms with van der Waals surface area (Å²) in [5, 5.41) is 18.0. The highest BCUT2D eigenvalue weighted by molar-refractivity contribution is 5.86. The first kappa shape index (κ1) is 7.69. The van der Waals surface area contributed by atoms with Gasteiger partial charge in [0.15, 0.2) is 5.78 Å². The maximum atomic E-state index is 10.9. The molecule has 0 spiro atoms. The molecule has 3 atom stereocenters. The third kappa shape index (κ3) is 1.20. The van der Waals surface area contributed by atoms with Gasteiger partial charge in [0.1, 0.15) is 6.10 Å². The summed E-state index contributed by atoms with van der Waals surface area (Å²) in [5.41, 5.74) is 0. The Bertz CT molecular complexity index is 144. The van der Waals surface area contributed by atoms with E-state index in [-0.39, 0.29) is 11.7 Å². The molecule has 0 bridgehead atoms. The van der Waals surface area contributed by atoms with Crippen molar-refractivity contribution in [1.29, 1.82) is 0 Å². The fraction of sp³-hybridized carbons (Fsp3) is 0.857. The average molecular weight is 144 g/mol. The van der Waals surface area contributed by atoms with E-state index in [1.165, 1.54) is 0 Å². The number of carbonyl (C=O) groups excluding carboxylic acids is 1.